The average molecular weight is 446 g/mol. The standard InChI is InChI=1S/C12H11NO.4ClH.Sn/c13-10-6-8-12(9-7-10)14-11-4-2-1-3-5-11;;;;;/h1-9H,13H2;4*1H;/q;;;;;+4/p-4. The average Bonchev–Trinajstić information content (AvgIpc) is 2.31. The summed E-state index contributed by atoms with van der Waals surface area (Å²) in [6.07, 6.45) is 0. The Balaban J connectivity index is 0.000000312. The Kier molecular flexibility index (Phi) is 7.47. The monoisotopic (exact) mass is 445 g/mol. The number of para-hydroxylation sites is 1. The molecule has 7 heteroatoms. The van der Waals surface area contributed by atoms with Gasteiger partial charge in [0.2, 0.25) is 0 Å². The van der Waals surface area contributed by atoms with Crippen LogP contribution in [0.15, 0.2) is 54.6 Å². The van der Waals surface area contributed by atoms with E-state index in [1.165, 1.54) is 0 Å². The molecular weight excluding hydrogens is 435 g/mol. The summed E-state index contributed by atoms with van der Waals surface area (Å²) in [5, 5.41) is 0. The zero-order valence-corrected chi connectivity index (χ0v) is 15.6. The Hall–Kier alpha value is -0.00130. The van der Waals surface area contributed by atoms with Crippen LogP contribution in [0.4, 0.5) is 5.69 Å². The van der Waals surface area contributed by atoms with E-state index in [9.17, 15) is 0 Å². The van der Waals surface area contributed by atoms with E-state index >= 15 is 0 Å². The molecule has 0 spiro atoms. The molecular formula is C12H11Cl4NOSn. The number of rotatable bonds is 2. The molecule has 2 nitrogen and oxygen atoms in total. The van der Waals surface area contributed by atoms with Crippen molar-refractivity contribution in [1.82, 2.24) is 0 Å². The second kappa shape index (κ2) is 8.32. The van der Waals surface area contributed by atoms with Crippen LogP contribution in [-0.2, 0) is 0 Å². The van der Waals surface area contributed by atoms with Gasteiger partial charge in [-0.2, -0.15) is 0 Å². The third-order valence-electron chi connectivity index (χ3n) is 1.86. The molecule has 0 amide bonds. The molecule has 0 radical (unpaired) electrons. The minimum atomic E-state index is -3.29. The molecule has 0 heterocycles. The van der Waals surface area contributed by atoms with Crippen LogP contribution in [0, 0.1) is 0 Å². The van der Waals surface area contributed by atoms with Gasteiger partial charge in [0.05, 0.1) is 0 Å². The van der Waals surface area contributed by atoms with Gasteiger partial charge >= 0.3 is 49.6 Å². The molecule has 2 N–H and O–H groups in total. The first-order valence-electron chi connectivity index (χ1n) is 5.18. The molecule has 0 atom stereocenters. The van der Waals surface area contributed by atoms with Crippen molar-refractivity contribution in [3.05, 3.63) is 54.6 Å². The quantitative estimate of drug-likeness (QED) is 0.493. The minimum absolute atomic E-state index is 0.741. The number of benzene rings is 2. The zero-order valence-electron chi connectivity index (χ0n) is 9.69. The molecule has 0 saturated carbocycles. The SMILES string of the molecule is Nc1ccc(Oc2ccccc2)cc1.[Cl][Sn]([Cl])([Cl])[Cl]. The predicted molar refractivity (Wildman–Crippen MR) is 86.5 cm³/mol. The van der Waals surface area contributed by atoms with Gasteiger partial charge in [0.1, 0.15) is 11.5 Å². The fourth-order valence-corrected chi connectivity index (χ4v) is 1.16. The molecule has 0 unspecified atom stereocenters. The van der Waals surface area contributed by atoms with Gasteiger partial charge in [0.25, 0.3) is 0 Å². The summed E-state index contributed by atoms with van der Waals surface area (Å²) in [5.41, 5.74) is 6.31. The van der Waals surface area contributed by atoms with Gasteiger partial charge in [-0.3, -0.25) is 0 Å². The molecule has 2 aromatic rings. The summed E-state index contributed by atoms with van der Waals surface area (Å²) in [5.74, 6) is 1.63. The Morgan fingerprint density at radius 1 is 0.737 bits per heavy atom. The van der Waals surface area contributed by atoms with Crippen molar-refractivity contribution in [2.45, 2.75) is 0 Å². The summed E-state index contributed by atoms with van der Waals surface area (Å²) >= 11 is -3.29. The van der Waals surface area contributed by atoms with E-state index in [-0.39, 0.29) is 0 Å². The molecule has 0 aromatic heterocycles. The van der Waals surface area contributed by atoms with Crippen molar-refractivity contribution in [2.75, 3.05) is 5.73 Å². The van der Waals surface area contributed by atoms with Crippen LogP contribution in [0.3, 0.4) is 0 Å². The van der Waals surface area contributed by atoms with Crippen LogP contribution in [0.2, 0.25) is 0 Å². The molecule has 0 aliphatic carbocycles. The van der Waals surface area contributed by atoms with Crippen molar-refractivity contribution in [1.29, 1.82) is 0 Å². The Morgan fingerprint density at radius 2 is 1.16 bits per heavy atom. The van der Waals surface area contributed by atoms with Crippen LogP contribution in [0.1, 0.15) is 0 Å². The predicted octanol–water partition coefficient (Wildman–Crippen LogP) is 5.44. The Morgan fingerprint density at radius 3 is 1.63 bits per heavy atom. The number of halogens is 4. The van der Waals surface area contributed by atoms with E-state index in [2.05, 4.69) is 0 Å². The van der Waals surface area contributed by atoms with Crippen molar-refractivity contribution in [2.24, 2.45) is 0 Å². The summed E-state index contributed by atoms with van der Waals surface area (Å²) in [6, 6.07) is 17.0. The van der Waals surface area contributed by atoms with Gasteiger partial charge in [-0.25, -0.2) is 0 Å². The second-order valence-corrected chi connectivity index (χ2v) is 28.9. The number of nitrogens with two attached hydrogens (primary N) is 1. The molecule has 0 aliphatic heterocycles. The zero-order chi connectivity index (χ0) is 14.3. The van der Waals surface area contributed by atoms with E-state index in [1.54, 1.807) is 0 Å². The first-order chi connectivity index (χ1) is 8.84. The second-order valence-electron chi connectivity index (χ2n) is 3.41. The van der Waals surface area contributed by atoms with Crippen LogP contribution in [0.5, 0.6) is 11.5 Å². The van der Waals surface area contributed by atoms with Gasteiger partial charge in [-0.15, -0.1) is 0 Å². The molecule has 0 bridgehead atoms. The topological polar surface area (TPSA) is 35.2 Å². The molecule has 102 valence electrons. The normalized spacial score (nSPS) is 10.3. The van der Waals surface area contributed by atoms with Gasteiger partial charge in [0.15, 0.2) is 0 Å². The third kappa shape index (κ3) is 9.52. The fraction of sp³-hybridized carbons (Fsp3) is 0. The molecule has 2 rings (SSSR count). The number of anilines is 1. The maximum atomic E-state index is 5.58. The van der Waals surface area contributed by atoms with E-state index in [0.717, 1.165) is 17.2 Å². The van der Waals surface area contributed by atoms with E-state index in [4.69, 9.17) is 46.2 Å². The first-order valence-corrected chi connectivity index (χ1v) is 19.6. The molecule has 2 aromatic carbocycles. The summed E-state index contributed by atoms with van der Waals surface area (Å²) in [6.45, 7) is 0. The fourth-order valence-electron chi connectivity index (χ4n) is 1.16. The van der Waals surface area contributed by atoms with Gasteiger partial charge in [-0.1, -0.05) is 18.2 Å². The summed E-state index contributed by atoms with van der Waals surface area (Å²) in [7, 11) is 20.1. The molecule has 19 heavy (non-hydrogen) atoms. The van der Waals surface area contributed by atoms with E-state index in [1.807, 2.05) is 54.6 Å². The van der Waals surface area contributed by atoms with Crippen molar-refractivity contribution in [3.63, 3.8) is 0 Å². The van der Waals surface area contributed by atoms with Gasteiger partial charge in [-0.05, 0) is 36.4 Å². The Labute approximate surface area is 131 Å². The van der Waals surface area contributed by atoms with Crippen molar-refractivity contribution < 1.29 is 4.74 Å². The molecule has 0 fully saturated rings. The van der Waals surface area contributed by atoms with Gasteiger partial charge in [0, 0.05) is 5.69 Å². The van der Waals surface area contributed by atoms with Crippen molar-refractivity contribution >= 4 is 55.2 Å². The van der Waals surface area contributed by atoms with Crippen LogP contribution >= 0.6 is 35.7 Å². The Bertz CT molecular complexity index is 481. The van der Waals surface area contributed by atoms with Gasteiger partial charge < -0.3 is 10.5 Å². The third-order valence-corrected chi connectivity index (χ3v) is 1.86. The van der Waals surface area contributed by atoms with Crippen molar-refractivity contribution in [3.8, 4) is 11.5 Å². The van der Waals surface area contributed by atoms with E-state index in [0.29, 0.717) is 0 Å². The molecule has 0 aliphatic rings. The van der Waals surface area contributed by atoms with Crippen LogP contribution in [0.25, 0.3) is 0 Å². The molecule has 0 saturated heterocycles. The summed E-state index contributed by atoms with van der Waals surface area (Å²) in [4.78, 5) is 0. The maximum absolute atomic E-state index is 5.58. The van der Waals surface area contributed by atoms with Crippen LogP contribution in [-0.4, -0.2) is 13.9 Å². The number of nitrogen functional groups attached to an aromatic ring is 1. The number of hydrogen-bond acceptors (Lipinski definition) is 2. The number of ether oxygens (including phenoxy) is 1. The summed E-state index contributed by atoms with van der Waals surface area (Å²) < 4.78 is 5.58. The van der Waals surface area contributed by atoms with E-state index < -0.39 is 13.9 Å². The number of hydrogen-bond donors (Lipinski definition) is 1. The van der Waals surface area contributed by atoms with Crippen LogP contribution < -0.4 is 10.5 Å². The first kappa shape index (κ1) is 17.1.